The molecular weight excluding hydrogens is 648 g/mol. The Balaban J connectivity index is 4.24. The van der Waals surface area contributed by atoms with Crippen LogP contribution in [0.2, 0.25) is 0 Å². The van der Waals surface area contributed by atoms with Crippen LogP contribution < -0.4 is 0 Å². The number of ether oxygens (including phenoxy) is 3. The molecule has 6 nitrogen and oxygen atoms in total. The lowest BCUT2D eigenvalue weighted by Crippen LogP contribution is -2.30. The predicted molar refractivity (Wildman–Crippen MR) is 219 cm³/mol. The van der Waals surface area contributed by atoms with E-state index in [0.717, 1.165) is 83.5 Å². The molecule has 0 aliphatic heterocycles. The minimum atomic E-state index is -0.767. The van der Waals surface area contributed by atoms with E-state index in [0.29, 0.717) is 19.3 Å². The van der Waals surface area contributed by atoms with Gasteiger partial charge in [-0.3, -0.25) is 14.4 Å². The first-order chi connectivity index (χ1) is 25.5. The molecule has 0 aliphatic rings. The summed E-state index contributed by atoms with van der Waals surface area (Å²) in [6.07, 6.45) is 44.7. The molecule has 0 saturated carbocycles. The maximum absolute atomic E-state index is 12.7. The molecule has 0 bridgehead atoms. The molecule has 0 radical (unpaired) electrons. The largest absolute Gasteiger partial charge is 0.462 e. The highest BCUT2D eigenvalue weighted by atomic mass is 16.6. The number of allylic oxidation sites excluding steroid dienone is 4. The van der Waals surface area contributed by atoms with Gasteiger partial charge in [0.15, 0.2) is 6.10 Å². The predicted octanol–water partition coefficient (Wildman–Crippen LogP) is 14.0. The molecular formula is C46H84O6. The highest BCUT2D eigenvalue weighted by molar-refractivity contribution is 5.71. The zero-order valence-electron chi connectivity index (χ0n) is 34.6. The fraction of sp³-hybridized carbons (Fsp3) is 0.848. The van der Waals surface area contributed by atoms with Crippen LogP contribution in [0.4, 0.5) is 0 Å². The molecule has 0 saturated heterocycles. The smallest absolute Gasteiger partial charge is 0.306 e. The normalized spacial score (nSPS) is 12.1. The van der Waals surface area contributed by atoms with Crippen molar-refractivity contribution in [3.8, 4) is 0 Å². The van der Waals surface area contributed by atoms with Gasteiger partial charge in [-0.1, -0.05) is 186 Å². The maximum atomic E-state index is 12.7. The van der Waals surface area contributed by atoms with Crippen LogP contribution in [0, 0.1) is 0 Å². The molecule has 52 heavy (non-hydrogen) atoms. The van der Waals surface area contributed by atoms with Gasteiger partial charge in [-0.25, -0.2) is 0 Å². The molecule has 0 N–H and O–H groups in total. The van der Waals surface area contributed by atoms with Crippen LogP contribution in [0.1, 0.15) is 233 Å². The van der Waals surface area contributed by atoms with E-state index >= 15 is 0 Å². The highest BCUT2D eigenvalue weighted by Crippen LogP contribution is 2.15. The molecule has 304 valence electrons. The summed E-state index contributed by atoms with van der Waals surface area (Å²) in [6.45, 7) is 6.52. The first-order valence-electron chi connectivity index (χ1n) is 22.3. The van der Waals surface area contributed by atoms with Crippen LogP contribution in [-0.2, 0) is 28.6 Å². The Kier molecular flexibility index (Phi) is 40.0. The lowest BCUT2D eigenvalue weighted by molar-refractivity contribution is -0.167. The number of esters is 3. The maximum Gasteiger partial charge on any atom is 0.306 e. The summed E-state index contributed by atoms with van der Waals surface area (Å²) in [4.78, 5) is 37.4. The van der Waals surface area contributed by atoms with Crippen molar-refractivity contribution < 1.29 is 28.6 Å². The van der Waals surface area contributed by atoms with Gasteiger partial charge < -0.3 is 14.2 Å². The first-order valence-corrected chi connectivity index (χ1v) is 22.3. The summed E-state index contributed by atoms with van der Waals surface area (Å²) in [5.41, 5.74) is 0. The molecule has 0 aliphatic carbocycles. The molecule has 0 rings (SSSR count). The Morgan fingerprint density at radius 2 is 0.692 bits per heavy atom. The van der Waals surface area contributed by atoms with E-state index in [-0.39, 0.29) is 31.1 Å². The first kappa shape index (κ1) is 49.9. The molecule has 0 aromatic carbocycles. The van der Waals surface area contributed by atoms with Crippen LogP contribution in [0.15, 0.2) is 24.3 Å². The van der Waals surface area contributed by atoms with Crippen molar-refractivity contribution in [3.05, 3.63) is 24.3 Å². The average Bonchev–Trinajstić information content (AvgIpc) is 3.14. The van der Waals surface area contributed by atoms with Gasteiger partial charge >= 0.3 is 17.9 Å². The van der Waals surface area contributed by atoms with Crippen molar-refractivity contribution in [2.24, 2.45) is 0 Å². The van der Waals surface area contributed by atoms with E-state index < -0.39 is 6.10 Å². The average molecular weight is 733 g/mol. The van der Waals surface area contributed by atoms with Crippen molar-refractivity contribution in [1.82, 2.24) is 0 Å². The van der Waals surface area contributed by atoms with Gasteiger partial charge in [0.1, 0.15) is 13.2 Å². The Bertz CT molecular complexity index is 850. The van der Waals surface area contributed by atoms with Crippen LogP contribution in [0.5, 0.6) is 0 Å². The number of hydrogen-bond acceptors (Lipinski definition) is 6. The summed E-state index contributed by atoms with van der Waals surface area (Å²) >= 11 is 0. The van der Waals surface area contributed by atoms with Gasteiger partial charge in [-0.2, -0.15) is 0 Å². The SMILES string of the molecule is CCCCC/C=C\C/C=C\CCCCCCCC(=O)OCC(COC(=O)CCCCCCC)OC(=O)CCCCCCCCCCCCCCCC. The highest BCUT2D eigenvalue weighted by Gasteiger charge is 2.19. The third kappa shape index (κ3) is 39.1. The van der Waals surface area contributed by atoms with E-state index in [4.69, 9.17) is 14.2 Å². The molecule has 0 heterocycles. The lowest BCUT2D eigenvalue weighted by Gasteiger charge is -2.18. The molecule has 0 fully saturated rings. The number of rotatable bonds is 40. The Morgan fingerprint density at radius 1 is 0.385 bits per heavy atom. The Morgan fingerprint density at radius 3 is 1.10 bits per heavy atom. The fourth-order valence-electron chi connectivity index (χ4n) is 6.29. The van der Waals surface area contributed by atoms with Crippen LogP contribution in [0.3, 0.4) is 0 Å². The van der Waals surface area contributed by atoms with Crippen molar-refractivity contribution in [1.29, 1.82) is 0 Å². The standard InChI is InChI=1S/C46H84O6/c1-4-7-10-13-15-17-19-21-23-25-26-28-30-33-36-39-45(48)51-42-43(41-50-44(47)38-35-32-12-9-6-3)52-46(49)40-37-34-31-29-27-24-22-20-18-16-14-11-8-5-2/h15,17,21,23,43H,4-14,16,18-20,22,24-42H2,1-3H3/b17-15-,23-21-. The minimum absolute atomic E-state index is 0.0742. The van der Waals surface area contributed by atoms with E-state index in [1.54, 1.807) is 0 Å². The summed E-state index contributed by atoms with van der Waals surface area (Å²) in [5.74, 6) is -0.897. The second-order valence-electron chi connectivity index (χ2n) is 15.0. The van der Waals surface area contributed by atoms with Crippen molar-refractivity contribution >= 4 is 17.9 Å². The molecule has 1 unspecified atom stereocenters. The number of unbranched alkanes of at least 4 members (excludes halogenated alkanes) is 25. The zero-order chi connectivity index (χ0) is 38.0. The number of carbonyl (C=O) groups excluding carboxylic acids is 3. The van der Waals surface area contributed by atoms with Crippen molar-refractivity contribution in [2.75, 3.05) is 13.2 Å². The van der Waals surface area contributed by atoms with Gasteiger partial charge in [0.2, 0.25) is 0 Å². The third-order valence-corrected chi connectivity index (χ3v) is 9.71. The van der Waals surface area contributed by atoms with Gasteiger partial charge in [-0.05, 0) is 51.4 Å². The molecule has 0 aromatic heterocycles. The van der Waals surface area contributed by atoms with Gasteiger partial charge in [0.05, 0.1) is 0 Å². The van der Waals surface area contributed by atoms with Gasteiger partial charge in [-0.15, -0.1) is 0 Å². The molecule has 0 aromatic rings. The summed E-state index contributed by atoms with van der Waals surface area (Å²) in [6, 6.07) is 0. The summed E-state index contributed by atoms with van der Waals surface area (Å²) in [7, 11) is 0. The van der Waals surface area contributed by atoms with E-state index in [9.17, 15) is 14.4 Å². The fourth-order valence-corrected chi connectivity index (χ4v) is 6.29. The Hall–Kier alpha value is -2.11. The van der Waals surface area contributed by atoms with E-state index in [2.05, 4.69) is 45.1 Å². The molecule has 6 heteroatoms. The Labute approximate surface area is 322 Å². The van der Waals surface area contributed by atoms with E-state index in [1.807, 2.05) is 0 Å². The second kappa shape index (κ2) is 41.6. The second-order valence-corrected chi connectivity index (χ2v) is 15.0. The van der Waals surface area contributed by atoms with Crippen LogP contribution in [0.25, 0.3) is 0 Å². The number of carbonyl (C=O) groups is 3. The number of hydrogen-bond donors (Lipinski definition) is 0. The molecule has 0 amide bonds. The summed E-state index contributed by atoms with van der Waals surface area (Å²) in [5, 5.41) is 0. The van der Waals surface area contributed by atoms with Gasteiger partial charge in [0.25, 0.3) is 0 Å². The van der Waals surface area contributed by atoms with Crippen molar-refractivity contribution in [2.45, 2.75) is 239 Å². The quantitative estimate of drug-likeness (QED) is 0.0270. The summed E-state index contributed by atoms with van der Waals surface area (Å²) < 4.78 is 16.6. The lowest BCUT2D eigenvalue weighted by atomic mass is 10.0. The van der Waals surface area contributed by atoms with Crippen LogP contribution >= 0.6 is 0 Å². The minimum Gasteiger partial charge on any atom is -0.462 e. The van der Waals surface area contributed by atoms with Crippen molar-refractivity contribution in [3.63, 3.8) is 0 Å². The zero-order valence-corrected chi connectivity index (χ0v) is 34.6. The van der Waals surface area contributed by atoms with Gasteiger partial charge in [0, 0.05) is 19.3 Å². The molecule has 1 atom stereocenters. The van der Waals surface area contributed by atoms with Crippen LogP contribution in [-0.4, -0.2) is 37.2 Å². The third-order valence-electron chi connectivity index (χ3n) is 9.71. The van der Waals surface area contributed by atoms with E-state index in [1.165, 1.54) is 109 Å². The monoisotopic (exact) mass is 733 g/mol. The topological polar surface area (TPSA) is 78.9 Å². The molecule has 0 spiro atoms.